The molecule has 0 saturated heterocycles. The summed E-state index contributed by atoms with van der Waals surface area (Å²) >= 11 is 1.62. The van der Waals surface area contributed by atoms with Crippen molar-refractivity contribution in [1.82, 2.24) is 15.2 Å². The van der Waals surface area contributed by atoms with Gasteiger partial charge in [-0.1, -0.05) is 0 Å². The Morgan fingerprint density at radius 1 is 1.62 bits per heavy atom. The van der Waals surface area contributed by atoms with Crippen LogP contribution < -0.4 is 5.32 Å². The van der Waals surface area contributed by atoms with E-state index in [1.54, 1.807) is 16.2 Å². The molecule has 0 aliphatic heterocycles. The number of nitrogens with one attached hydrogen (secondary N) is 1. The molecule has 1 rings (SSSR count). The maximum Gasteiger partial charge on any atom is 0.222 e. The van der Waals surface area contributed by atoms with Gasteiger partial charge in [0.25, 0.3) is 0 Å². The van der Waals surface area contributed by atoms with E-state index in [4.69, 9.17) is 0 Å². The van der Waals surface area contributed by atoms with Crippen molar-refractivity contribution in [3.05, 3.63) is 16.1 Å². The zero-order valence-electron chi connectivity index (χ0n) is 10.1. The van der Waals surface area contributed by atoms with Crippen LogP contribution in [0.3, 0.4) is 0 Å². The molecule has 1 aromatic heterocycles. The van der Waals surface area contributed by atoms with Gasteiger partial charge in [-0.2, -0.15) is 0 Å². The van der Waals surface area contributed by atoms with Gasteiger partial charge in [-0.3, -0.25) is 4.79 Å². The highest BCUT2D eigenvalue weighted by Gasteiger charge is 2.09. The molecule has 1 heterocycles. The first-order chi connectivity index (χ1) is 7.63. The highest BCUT2D eigenvalue weighted by molar-refractivity contribution is 7.09. The van der Waals surface area contributed by atoms with E-state index in [0.29, 0.717) is 13.0 Å². The predicted molar refractivity (Wildman–Crippen MR) is 66.5 cm³/mol. The smallest absolute Gasteiger partial charge is 0.222 e. The van der Waals surface area contributed by atoms with Gasteiger partial charge in [-0.05, 0) is 26.9 Å². The number of amides is 1. The number of thiazole rings is 1. The van der Waals surface area contributed by atoms with Gasteiger partial charge in [0.05, 0.1) is 17.2 Å². The minimum atomic E-state index is 0.181. The Balaban J connectivity index is 2.34. The van der Waals surface area contributed by atoms with Gasteiger partial charge in [-0.15, -0.1) is 11.3 Å². The number of hydrogen-bond acceptors (Lipinski definition) is 4. The van der Waals surface area contributed by atoms with E-state index in [0.717, 1.165) is 23.7 Å². The molecule has 0 aromatic carbocycles. The monoisotopic (exact) mass is 241 g/mol. The lowest BCUT2D eigenvalue weighted by Gasteiger charge is -2.15. The lowest BCUT2D eigenvalue weighted by atomic mass is 10.2. The Kier molecular flexibility index (Phi) is 5.42. The van der Waals surface area contributed by atoms with Crippen LogP contribution >= 0.6 is 11.3 Å². The van der Waals surface area contributed by atoms with Crippen molar-refractivity contribution in [1.29, 1.82) is 0 Å². The van der Waals surface area contributed by atoms with Crippen LogP contribution in [0.4, 0.5) is 0 Å². The molecule has 0 aliphatic carbocycles. The van der Waals surface area contributed by atoms with E-state index >= 15 is 0 Å². The molecular weight excluding hydrogens is 222 g/mol. The molecule has 0 radical (unpaired) electrons. The molecule has 0 unspecified atom stereocenters. The molecule has 1 amide bonds. The minimum Gasteiger partial charge on any atom is -0.340 e. The van der Waals surface area contributed by atoms with Crippen LogP contribution in [0.25, 0.3) is 0 Å². The Hall–Kier alpha value is -0.940. The Bertz CT molecular complexity index is 338. The van der Waals surface area contributed by atoms with E-state index in [-0.39, 0.29) is 5.91 Å². The van der Waals surface area contributed by atoms with Gasteiger partial charge in [0.2, 0.25) is 5.91 Å². The van der Waals surface area contributed by atoms with Crippen molar-refractivity contribution in [3.63, 3.8) is 0 Å². The molecule has 5 heteroatoms. The summed E-state index contributed by atoms with van der Waals surface area (Å²) in [7, 11) is 3.72. The fourth-order valence-electron chi connectivity index (χ4n) is 1.42. The van der Waals surface area contributed by atoms with Crippen molar-refractivity contribution < 1.29 is 4.79 Å². The zero-order valence-corrected chi connectivity index (χ0v) is 10.9. The second-order valence-electron chi connectivity index (χ2n) is 3.81. The molecule has 1 N–H and O–H groups in total. The Labute approximate surface area is 101 Å². The maximum absolute atomic E-state index is 11.7. The van der Waals surface area contributed by atoms with Crippen LogP contribution in [-0.4, -0.2) is 36.4 Å². The fraction of sp³-hybridized carbons (Fsp3) is 0.636. The van der Waals surface area contributed by atoms with E-state index in [1.807, 2.05) is 26.4 Å². The van der Waals surface area contributed by atoms with Gasteiger partial charge in [0.1, 0.15) is 0 Å². The molecule has 4 nitrogen and oxygen atoms in total. The molecule has 0 fully saturated rings. The van der Waals surface area contributed by atoms with Crippen LogP contribution in [0.1, 0.15) is 23.5 Å². The van der Waals surface area contributed by atoms with E-state index in [1.165, 1.54) is 0 Å². The van der Waals surface area contributed by atoms with Crippen LogP contribution in [-0.2, 0) is 11.3 Å². The number of carbonyl (C=O) groups is 1. The Morgan fingerprint density at radius 3 is 2.94 bits per heavy atom. The van der Waals surface area contributed by atoms with E-state index < -0.39 is 0 Å². The summed E-state index contributed by atoms with van der Waals surface area (Å²) in [4.78, 5) is 17.8. The second-order valence-corrected chi connectivity index (χ2v) is 4.88. The highest BCUT2D eigenvalue weighted by atomic mass is 32.1. The number of carbonyl (C=O) groups excluding carboxylic acids is 1. The van der Waals surface area contributed by atoms with Gasteiger partial charge < -0.3 is 10.2 Å². The number of hydrogen-bond donors (Lipinski definition) is 1. The SMILES string of the molecule is CNCCCC(=O)N(C)Cc1csc(C)n1. The van der Waals surface area contributed by atoms with Gasteiger partial charge in [0, 0.05) is 18.8 Å². The summed E-state index contributed by atoms with van der Waals surface area (Å²) in [5.41, 5.74) is 0.979. The topological polar surface area (TPSA) is 45.2 Å². The summed E-state index contributed by atoms with van der Waals surface area (Å²) < 4.78 is 0. The predicted octanol–water partition coefficient (Wildman–Crippen LogP) is 1.41. The van der Waals surface area contributed by atoms with Gasteiger partial charge in [0.15, 0.2) is 0 Å². The summed E-state index contributed by atoms with van der Waals surface area (Å²) in [6, 6.07) is 0. The largest absolute Gasteiger partial charge is 0.340 e. The number of aromatic nitrogens is 1. The normalized spacial score (nSPS) is 10.4. The third-order valence-electron chi connectivity index (χ3n) is 2.31. The van der Waals surface area contributed by atoms with Crippen molar-refractivity contribution >= 4 is 17.2 Å². The van der Waals surface area contributed by atoms with Crippen molar-refractivity contribution in [3.8, 4) is 0 Å². The summed E-state index contributed by atoms with van der Waals surface area (Å²) in [5.74, 6) is 0.181. The molecular formula is C11H19N3OS. The average molecular weight is 241 g/mol. The lowest BCUT2D eigenvalue weighted by molar-refractivity contribution is -0.130. The second kappa shape index (κ2) is 6.60. The summed E-state index contributed by atoms with van der Waals surface area (Å²) in [5, 5.41) is 6.09. The number of nitrogens with zero attached hydrogens (tertiary/aromatic N) is 2. The summed E-state index contributed by atoms with van der Waals surface area (Å²) in [6.07, 6.45) is 1.48. The molecule has 90 valence electrons. The highest BCUT2D eigenvalue weighted by Crippen LogP contribution is 2.10. The number of rotatable bonds is 6. The van der Waals surface area contributed by atoms with Crippen molar-refractivity contribution in [2.45, 2.75) is 26.3 Å². The van der Waals surface area contributed by atoms with Gasteiger partial charge >= 0.3 is 0 Å². The lowest BCUT2D eigenvalue weighted by Crippen LogP contribution is -2.26. The third kappa shape index (κ3) is 4.28. The fourth-order valence-corrected chi connectivity index (χ4v) is 2.02. The molecule has 1 aromatic rings. The third-order valence-corrected chi connectivity index (χ3v) is 3.13. The Morgan fingerprint density at radius 2 is 2.38 bits per heavy atom. The van der Waals surface area contributed by atoms with E-state index in [9.17, 15) is 4.79 Å². The first-order valence-electron chi connectivity index (χ1n) is 5.43. The molecule has 0 bridgehead atoms. The van der Waals surface area contributed by atoms with Gasteiger partial charge in [-0.25, -0.2) is 4.98 Å². The molecule has 0 atom stereocenters. The van der Waals surface area contributed by atoms with Crippen LogP contribution in [0, 0.1) is 6.92 Å². The molecule has 16 heavy (non-hydrogen) atoms. The van der Waals surface area contributed by atoms with Crippen LogP contribution in [0.2, 0.25) is 0 Å². The van der Waals surface area contributed by atoms with Crippen LogP contribution in [0.15, 0.2) is 5.38 Å². The molecule has 0 spiro atoms. The maximum atomic E-state index is 11.7. The zero-order chi connectivity index (χ0) is 12.0. The van der Waals surface area contributed by atoms with E-state index in [2.05, 4.69) is 10.3 Å². The quantitative estimate of drug-likeness (QED) is 0.766. The minimum absolute atomic E-state index is 0.181. The summed E-state index contributed by atoms with van der Waals surface area (Å²) in [6.45, 7) is 3.47. The van der Waals surface area contributed by atoms with Crippen LogP contribution in [0.5, 0.6) is 0 Å². The van der Waals surface area contributed by atoms with Crippen molar-refractivity contribution in [2.75, 3.05) is 20.6 Å². The first-order valence-corrected chi connectivity index (χ1v) is 6.31. The molecule has 0 aliphatic rings. The standard InChI is InChI=1S/C11H19N3OS/c1-9-13-10(8-16-9)7-14(3)11(15)5-4-6-12-2/h8,12H,4-7H2,1-3H3. The average Bonchev–Trinajstić information content (AvgIpc) is 2.64. The molecule has 0 saturated carbocycles. The van der Waals surface area contributed by atoms with Crippen molar-refractivity contribution in [2.24, 2.45) is 0 Å². The number of aryl methyl sites for hydroxylation is 1. The first kappa shape index (κ1) is 13.1.